The number of rotatable bonds is 4. The predicted molar refractivity (Wildman–Crippen MR) is 132 cm³/mol. The largest absolute Gasteiger partial charge is 0.418 e. The first kappa shape index (κ1) is 23.8. The third-order valence-corrected chi connectivity index (χ3v) is 7.84. The molecule has 0 bridgehead atoms. The quantitative estimate of drug-likeness (QED) is 0.482. The van der Waals surface area contributed by atoms with Crippen molar-refractivity contribution in [3.05, 3.63) is 46.1 Å². The van der Waals surface area contributed by atoms with Gasteiger partial charge in [-0.15, -0.1) is 11.3 Å². The van der Waals surface area contributed by atoms with Crippen molar-refractivity contribution in [1.29, 1.82) is 0 Å². The third-order valence-electron chi connectivity index (χ3n) is 6.66. The summed E-state index contributed by atoms with van der Waals surface area (Å²) < 4.78 is 39.9. The standard InChI is InChI=1S/C25H28F3N5OS/c1-2-7-20-30-22(21-16-8-3-6-11-19(16)35-23(21)31-20)32-12-14-33(15-13-32)24(34)29-18-10-5-4-9-17(18)25(26,27)28/h4-5,9-10H,2-3,6-8,11-15H2,1H3,(H,29,34). The zero-order valence-electron chi connectivity index (χ0n) is 19.6. The molecule has 6 nitrogen and oxygen atoms in total. The van der Waals surface area contributed by atoms with Gasteiger partial charge in [0.15, 0.2) is 0 Å². The van der Waals surface area contributed by atoms with E-state index in [1.165, 1.54) is 41.5 Å². The van der Waals surface area contributed by atoms with Gasteiger partial charge in [-0.25, -0.2) is 14.8 Å². The number of hydrogen-bond donors (Lipinski definition) is 1. The van der Waals surface area contributed by atoms with E-state index in [2.05, 4.69) is 17.1 Å². The first-order valence-electron chi connectivity index (χ1n) is 12.1. The van der Waals surface area contributed by atoms with Crippen molar-refractivity contribution in [2.24, 2.45) is 0 Å². The van der Waals surface area contributed by atoms with Crippen LogP contribution in [0.1, 0.15) is 48.0 Å². The first-order valence-corrected chi connectivity index (χ1v) is 12.9. The molecule has 1 aliphatic heterocycles. The van der Waals surface area contributed by atoms with Crippen LogP contribution in [0.5, 0.6) is 0 Å². The van der Waals surface area contributed by atoms with Gasteiger partial charge in [-0.05, 0) is 49.8 Å². The highest BCUT2D eigenvalue weighted by molar-refractivity contribution is 7.19. The van der Waals surface area contributed by atoms with E-state index in [-0.39, 0.29) is 5.69 Å². The number of aromatic nitrogens is 2. The number of nitrogens with zero attached hydrogens (tertiary/aromatic N) is 4. The van der Waals surface area contributed by atoms with Crippen molar-refractivity contribution in [2.45, 2.75) is 51.6 Å². The molecule has 2 aliphatic rings. The fraction of sp³-hybridized carbons (Fsp3) is 0.480. The van der Waals surface area contributed by atoms with Gasteiger partial charge >= 0.3 is 12.2 Å². The van der Waals surface area contributed by atoms with Gasteiger partial charge in [0.2, 0.25) is 0 Å². The average molecular weight is 504 g/mol. The molecule has 0 radical (unpaired) electrons. The second kappa shape index (κ2) is 9.64. The lowest BCUT2D eigenvalue weighted by atomic mass is 9.97. The number of fused-ring (bicyclic) bond motifs is 3. The lowest BCUT2D eigenvalue weighted by Crippen LogP contribution is -2.50. The van der Waals surface area contributed by atoms with Crippen LogP contribution >= 0.6 is 11.3 Å². The summed E-state index contributed by atoms with van der Waals surface area (Å²) in [5, 5.41) is 3.61. The topological polar surface area (TPSA) is 61.4 Å². The molecule has 3 heterocycles. The Hall–Kier alpha value is -2.88. The van der Waals surface area contributed by atoms with Gasteiger partial charge in [-0.1, -0.05) is 19.1 Å². The van der Waals surface area contributed by atoms with E-state index in [1.54, 1.807) is 16.2 Å². The summed E-state index contributed by atoms with van der Waals surface area (Å²) in [7, 11) is 0. The summed E-state index contributed by atoms with van der Waals surface area (Å²) >= 11 is 1.78. The van der Waals surface area contributed by atoms with E-state index in [9.17, 15) is 18.0 Å². The van der Waals surface area contributed by atoms with Crippen LogP contribution in [0.25, 0.3) is 10.2 Å². The molecule has 1 aliphatic carbocycles. The minimum atomic E-state index is -4.53. The Morgan fingerprint density at radius 1 is 1.09 bits per heavy atom. The summed E-state index contributed by atoms with van der Waals surface area (Å²) in [6.45, 7) is 4.05. The van der Waals surface area contributed by atoms with Gasteiger partial charge in [0.05, 0.1) is 16.6 Å². The first-order chi connectivity index (χ1) is 16.8. The molecule has 1 saturated heterocycles. The van der Waals surface area contributed by atoms with E-state index in [0.29, 0.717) is 26.2 Å². The van der Waals surface area contributed by atoms with Crippen molar-refractivity contribution in [1.82, 2.24) is 14.9 Å². The normalized spacial score (nSPS) is 16.5. The van der Waals surface area contributed by atoms with E-state index < -0.39 is 17.8 Å². The summed E-state index contributed by atoms with van der Waals surface area (Å²) in [5.41, 5.74) is 0.304. The number of urea groups is 1. The molecule has 2 aromatic heterocycles. The summed E-state index contributed by atoms with van der Waals surface area (Å²) in [6, 6.07) is 4.54. The number of para-hydroxylation sites is 1. The molecular weight excluding hydrogens is 475 g/mol. The number of benzene rings is 1. The zero-order chi connectivity index (χ0) is 24.6. The summed E-state index contributed by atoms with van der Waals surface area (Å²) in [6.07, 6.45) is 1.75. The van der Waals surface area contributed by atoms with Crippen LogP contribution in [0.15, 0.2) is 24.3 Å². The second-order valence-electron chi connectivity index (χ2n) is 9.05. The number of hydrogen-bond acceptors (Lipinski definition) is 5. The maximum Gasteiger partial charge on any atom is 0.418 e. The molecule has 1 fully saturated rings. The molecule has 3 aromatic rings. The SMILES string of the molecule is CCCc1nc(N2CCN(C(=O)Nc3ccccc3C(F)(F)F)CC2)c2c3c(sc2n1)CCCC3. The van der Waals surface area contributed by atoms with Crippen LogP contribution in [0, 0.1) is 0 Å². The van der Waals surface area contributed by atoms with Gasteiger partial charge in [0, 0.05) is 37.5 Å². The number of halogens is 3. The van der Waals surface area contributed by atoms with Gasteiger partial charge in [-0.2, -0.15) is 13.2 Å². The van der Waals surface area contributed by atoms with Gasteiger partial charge < -0.3 is 15.1 Å². The third kappa shape index (κ3) is 4.80. The number of piperazine rings is 1. The van der Waals surface area contributed by atoms with Crippen molar-refractivity contribution >= 4 is 39.1 Å². The molecule has 0 saturated carbocycles. The molecule has 10 heteroatoms. The van der Waals surface area contributed by atoms with E-state index in [0.717, 1.165) is 53.6 Å². The van der Waals surface area contributed by atoms with Gasteiger partial charge in [0.1, 0.15) is 16.5 Å². The van der Waals surface area contributed by atoms with Gasteiger partial charge in [-0.3, -0.25) is 0 Å². The van der Waals surface area contributed by atoms with Crippen LogP contribution in [-0.2, 0) is 25.4 Å². The lowest BCUT2D eigenvalue weighted by molar-refractivity contribution is -0.136. The molecule has 0 spiro atoms. The molecule has 35 heavy (non-hydrogen) atoms. The number of aryl methyl sites for hydroxylation is 3. The molecule has 2 amide bonds. The number of thiophene rings is 1. The summed E-state index contributed by atoms with van der Waals surface area (Å²) in [5.74, 6) is 1.79. The fourth-order valence-electron chi connectivity index (χ4n) is 4.90. The van der Waals surface area contributed by atoms with Crippen LogP contribution < -0.4 is 10.2 Å². The summed E-state index contributed by atoms with van der Waals surface area (Å²) in [4.78, 5) is 28.8. The molecular formula is C25H28F3N5OS. The number of anilines is 2. The lowest BCUT2D eigenvalue weighted by Gasteiger charge is -2.36. The van der Waals surface area contributed by atoms with E-state index in [4.69, 9.17) is 9.97 Å². The van der Waals surface area contributed by atoms with Crippen LogP contribution in [-0.4, -0.2) is 47.1 Å². The van der Waals surface area contributed by atoms with Crippen molar-refractivity contribution in [2.75, 3.05) is 36.4 Å². The molecule has 1 aromatic carbocycles. The van der Waals surface area contributed by atoms with Crippen molar-refractivity contribution in [3.8, 4) is 0 Å². The monoisotopic (exact) mass is 503 g/mol. The Labute approximate surface area is 206 Å². The van der Waals surface area contributed by atoms with E-state index >= 15 is 0 Å². The molecule has 1 N–H and O–H groups in total. The van der Waals surface area contributed by atoms with Gasteiger partial charge in [0.25, 0.3) is 0 Å². The van der Waals surface area contributed by atoms with Crippen LogP contribution in [0.2, 0.25) is 0 Å². The van der Waals surface area contributed by atoms with Crippen molar-refractivity contribution in [3.63, 3.8) is 0 Å². The Bertz CT molecular complexity index is 1230. The Balaban J connectivity index is 1.35. The highest BCUT2D eigenvalue weighted by Crippen LogP contribution is 2.40. The van der Waals surface area contributed by atoms with E-state index in [1.807, 2.05) is 0 Å². The Morgan fingerprint density at radius 3 is 2.57 bits per heavy atom. The number of carbonyl (C=O) groups excluding carboxylic acids is 1. The molecule has 5 rings (SSSR count). The molecule has 0 unspecified atom stereocenters. The maximum absolute atomic E-state index is 13.3. The zero-order valence-corrected chi connectivity index (χ0v) is 20.4. The minimum absolute atomic E-state index is 0.223. The second-order valence-corrected chi connectivity index (χ2v) is 10.1. The Kier molecular flexibility index (Phi) is 6.57. The number of carbonyl (C=O) groups is 1. The number of alkyl halides is 3. The molecule has 186 valence electrons. The number of amides is 2. The Morgan fingerprint density at radius 2 is 1.83 bits per heavy atom. The van der Waals surface area contributed by atoms with Crippen LogP contribution in [0.3, 0.4) is 0 Å². The highest BCUT2D eigenvalue weighted by Gasteiger charge is 2.34. The number of nitrogens with one attached hydrogen (secondary N) is 1. The molecule has 0 atom stereocenters. The fourth-order valence-corrected chi connectivity index (χ4v) is 6.18. The van der Waals surface area contributed by atoms with Crippen molar-refractivity contribution < 1.29 is 18.0 Å². The highest BCUT2D eigenvalue weighted by atomic mass is 32.1. The average Bonchev–Trinajstić information content (AvgIpc) is 3.22. The smallest absolute Gasteiger partial charge is 0.352 e. The maximum atomic E-state index is 13.3. The minimum Gasteiger partial charge on any atom is -0.352 e. The van der Waals surface area contributed by atoms with Crippen LogP contribution in [0.4, 0.5) is 29.5 Å². The predicted octanol–water partition coefficient (Wildman–Crippen LogP) is 5.90.